The van der Waals surface area contributed by atoms with Crippen molar-refractivity contribution in [1.82, 2.24) is 10.2 Å². The first kappa shape index (κ1) is 18.3. The van der Waals surface area contributed by atoms with Gasteiger partial charge in [0.1, 0.15) is 18.2 Å². The van der Waals surface area contributed by atoms with Crippen molar-refractivity contribution in [2.75, 3.05) is 13.1 Å². The van der Waals surface area contributed by atoms with Crippen molar-refractivity contribution in [2.24, 2.45) is 5.92 Å². The Morgan fingerprint density at radius 3 is 2.93 bits per heavy atom. The van der Waals surface area contributed by atoms with E-state index >= 15 is 0 Å². The Bertz CT molecular complexity index is 824. The van der Waals surface area contributed by atoms with Gasteiger partial charge < -0.3 is 10.1 Å². The summed E-state index contributed by atoms with van der Waals surface area (Å²) in [6.45, 7) is 2.68. The molecule has 27 heavy (non-hydrogen) atoms. The van der Waals surface area contributed by atoms with Crippen LogP contribution >= 0.6 is 11.6 Å². The van der Waals surface area contributed by atoms with Crippen LogP contribution in [0.25, 0.3) is 0 Å². The lowest BCUT2D eigenvalue weighted by molar-refractivity contribution is -0.119. The number of nitrogens with one attached hydrogen (secondary N) is 1. The molecule has 0 aromatic heterocycles. The van der Waals surface area contributed by atoms with E-state index in [9.17, 15) is 9.18 Å². The molecule has 2 aromatic carbocycles. The Balaban J connectivity index is 1.43. The van der Waals surface area contributed by atoms with Crippen LogP contribution in [-0.4, -0.2) is 29.9 Å². The minimum Gasteiger partial charge on any atom is -0.488 e. The topological polar surface area (TPSA) is 41.6 Å². The van der Waals surface area contributed by atoms with Crippen molar-refractivity contribution in [2.45, 2.75) is 32.0 Å². The van der Waals surface area contributed by atoms with Crippen LogP contribution in [0.1, 0.15) is 24.0 Å². The highest BCUT2D eigenvalue weighted by Crippen LogP contribution is 2.29. The number of benzene rings is 2. The average molecular weight is 389 g/mol. The lowest BCUT2D eigenvalue weighted by Crippen LogP contribution is -2.44. The molecule has 0 bridgehead atoms. The Labute approximate surface area is 163 Å². The summed E-state index contributed by atoms with van der Waals surface area (Å²) in [6.07, 6.45) is 1.59. The van der Waals surface area contributed by atoms with Gasteiger partial charge in [-0.25, -0.2) is 4.39 Å². The summed E-state index contributed by atoms with van der Waals surface area (Å²) in [7, 11) is 0. The number of ether oxygens (including phenoxy) is 1. The predicted molar refractivity (Wildman–Crippen MR) is 102 cm³/mol. The van der Waals surface area contributed by atoms with E-state index in [0.29, 0.717) is 29.0 Å². The van der Waals surface area contributed by atoms with Crippen LogP contribution in [0.15, 0.2) is 42.5 Å². The van der Waals surface area contributed by atoms with Crippen LogP contribution < -0.4 is 10.1 Å². The van der Waals surface area contributed by atoms with Crippen molar-refractivity contribution in [3.05, 3.63) is 64.4 Å². The number of rotatable bonds is 5. The molecule has 0 spiro atoms. The molecule has 0 unspecified atom stereocenters. The van der Waals surface area contributed by atoms with Gasteiger partial charge in [-0.2, -0.15) is 0 Å². The molecule has 2 aliphatic rings. The number of halogens is 2. The van der Waals surface area contributed by atoms with E-state index in [1.807, 2.05) is 24.3 Å². The number of nitrogens with zero attached hydrogens (tertiary/aromatic N) is 1. The molecule has 1 N–H and O–H groups in total. The molecule has 2 fully saturated rings. The SMILES string of the molecule is O=C1C[C@@H]2CN(Cc3ccccc3OCc3c(F)cccc3Cl)CC[C@@H]2N1. The van der Waals surface area contributed by atoms with E-state index in [2.05, 4.69) is 10.2 Å². The number of piperidine rings is 1. The highest BCUT2D eigenvalue weighted by Gasteiger charge is 2.36. The number of amides is 1. The third-order valence-electron chi connectivity index (χ3n) is 5.41. The normalized spacial score (nSPS) is 22.4. The lowest BCUT2D eigenvalue weighted by atomic mass is 9.93. The van der Waals surface area contributed by atoms with Crippen LogP contribution in [0.5, 0.6) is 5.75 Å². The number of hydrogen-bond donors (Lipinski definition) is 1. The second kappa shape index (κ2) is 7.87. The van der Waals surface area contributed by atoms with Crippen molar-refractivity contribution in [3.63, 3.8) is 0 Å². The fourth-order valence-corrected chi connectivity index (χ4v) is 4.21. The summed E-state index contributed by atoms with van der Waals surface area (Å²) in [6, 6.07) is 12.8. The van der Waals surface area contributed by atoms with Gasteiger partial charge in [0.25, 0.3) is 0 Å². The highest BCUT2D eigenvalue weighted by molar-refractivity contribution is 6.31. The first-order chi connectivity index (χ1) is 13.1. The smallest absolute Gasteiger partial charge is 0.220 e. The van der Waals surface area contributed by atoms with E-state index in [1.54, 1.807) is 12.1 Å². The molecule has 142 valence electrons. The fourth-order valence-electron chi connectivity index (χ4n) is 3.99. The molecular weight excluding hydrogens is 367 g/mol. The molecule has 1 amide bonds. The number of carbonyl (C=O) groups is 1. The van der Waals surface area contributed by atoms with Crippen molar-refractivity contribution >= 4 is 17.5 Å². The third-order valence-corrected chi connectivity index (χ3v) is 5.77. The fraction of sp³-hybridized carbons (Fsp3) is 0.381. The summed E-state index contributed by atoms with van der Waals surface area (Å²) in [5, 5.41) is 3.43. The maximum Gasteiger partial charge on any atom is 0.220 e. The number of likely N-dealkylation sites (tertiary alicyclic amines) is 1. The van der Waals surface area contributed by atoms with Crippen LogP contribution in [0.3, 0.4) is 0 Å². The van der Waals surface area contributed by atoms with Gasteiger partial charge in [-0.3, -0.25) is 9.69 Å². The molecule has 2 aromatic rings. The van der Waals surface area contributed by atoms with E-state index in [-0.39, 0.29) is 18.3 Å². The van der Waals surface area contributed by atoms with Crippen LogP contribution in [0, 0.1) is 11.7 Å². The van der Waals surface area contributed by atoms with Crippen molar-refractivity contribution in [3.8, 4) is 5.75 Å². The molecule has 4 nitrogen and oxygen atoms in total. The van der Waals surface area contributed by atoms with Crippen LogP contribution in [0.4, 0.5) is 4.39 Å². The standard InChI is InChI=1S/C21H22ClFN2O2/c22-17-5-3-6-18(23)16(17)13-27-20-7-2-1-4-14(20)11-25-9-8-19-15(12-25)10-21(26)24-19/h1-7,15,19H,8-13H2,(H,24,26)/t15-,19+/m1/s1. The van der Waals surface area contributed by atoms with Gasteiger partial charge in [-0.15, -0.1) is 0 Å². The Kier molecular flexibility index (Phi) is 5.32. The van der Waals surface area contributed by atoms with Gasteiger partial charge in [-0.05, 0) is 24.6 Å². The molecule has 2 aliphatic heterocycles. The number of para-hydroxylation sites is 1. The Hall–Kier alpha value is -2.11. The summed E-state index contributed by atoms with van der Waals surface area (Å²) in [5.74, 6) is 0.925. The van der Waals surface area contributed by atoms with E-state index in [0.717, 1.165) is 37.4 Å². The second-order valence-electron chi connectivity index (χ2n) is 7.26. The zero-order valence-corrected chi connectivity index (χ0v) is 15.7. The molecular formula is C21H22ClFN2O2. The Morgan fingerprint density at radius 2 is 2.07 bits per heavy atom. The number of hydrogen-bond acceptors (Lipinski definition) is 3. The quantitative estimate of drug-likeness (QED) is 0.847. The third kappa shape index (κ3) is 4.09. The molecule has 2 heterocycles. The summed E-state index contributed by atoms with van der Waals surface area (Å²) in [4.78, 5) is 14.0. The molecule has 0 saturated carbocycles. The predicted octanol–water partition coefficient (Wildman–Crippen LogP) is 3.77. The maximum absolute atomic E-state index is 14.0. The lowest BCUT2D eigenvalue weighted by Gasteiger charge is -2.34. The molecule has 0 aliphatic carbocycles. The van der Waals surface area contributed by atoms with Crippen LogP contribution in [0.2, 0.25) is 5.02 Å². The zero-order chi connectivity index (χ0) is 18.8. The monoisotopic (exact) mass is 388 g/mol. The summed E-state index contributed by atoms with van der Waals surface area (Å²) < 4.78 is 19.9. The maximum atomic E-state index is 14.0. The minimum absolute atomic E-state index is 0.0889. The summed E-state index contributed by atoms with van der Waals surface area (Å²) >= 11 is 6.09. The van der Waals surface area contributed by atoms with Gasteiger partial charge in [0.15, 0.2) is 0 Å². The van der Waals surface area contributed by atoms with Crippen molar-refractivity contribution in [1.29, 1.82) is 0 Å². The summed E-state index contributed by atoms with van der Waals surface area (Å²) in [5.41, 5.74) is 1.42. The molecule has 6 heteroatoms. The van der Waals surface area contributed by atoms with Crippen molar-refractivity contribution < 1.29 is 13.9 Å². The van der Waals surface area contributed by atoms with Gasteiger partial charge in [-0.1, -0.05) is 35.9 Å². The molecule has 4 rings (SSSR count). The number of carbonyl (C=O) groups excluding carboxylic acids is 1. The molecule has 2 saturated heterocycles. The highest BCUT2D eigenvalue weighted by atomic mass is 35.5. The van der Waals surface area contributed by atoms with Gasteiger partial charge in [0, 0.05) is 49.1 Å². The van der Waals surface area contributed by atoms with Crippen LogP contribution in [-0.2, 0) is 17.9 Å². The first-order valence-corrected chi connectivity index (χ1v) is 9.63. The second-order valence-corrected chi connectivity index (χ2v) is 7.67. The largest absolute Gasteiger partial charge is 0.488 e. The van der Waals surface area contributed by atoms with E-state index in [1.165, 1.54) is 6.07 Å². The zero-order valence-electron chi connectivity index (χ0n) is 15.0. The van der Waals surface area contributed by atoms with Gasteiger partial charge in [0.2, 0.25) is 5.91 Å². The average Bonchev–Trinajstić information content (AvgIpc) is 3.02. The number of fused-ring (bicyclic) bond motifs is 1. The Morgan fingerprint density at radius 1 is 1.22 bits per heavy atom. The first-order valence-electron chi connectivity index (χ1n) is 9.25. The van der Waals surface area contributed by atoms with Gasteiger partial charge >= 0.3 is 0 Å². The minimum atomic E-state index is -0.361. The van der Waals surface area contributed by atoms with Gasteiger partial charge in [0.05, 0.1) is 5.02 Å². The van der Waals surface area contributed by atoms with E-state index in [4.69, 9.17) is 16.3 Å². The van der Waals surface area contributed by atoms with E-state index < -0.39 is 0 Å². The molecule has 0 radical (unpaired) electrons. The molecule has 2 atom stereocenters.